The molecule has 0 aromatic carbocycles. The summed E-state index contributed by atoms with van der Waals surface area (Å²) in [6.45, 7) is 2.08. The Morgan fingerprint density at radius 2 is 2.30 bits per heavy atom. The van der Waals surface area contributed by atoms with E-state index in [9.17, 15) is 4.79 Å². The van der Waals surface area contributed by atoms with Crippen molar-refractivity contribution in [2.75, 3.05) is 25.2 Å². The Balaban J connectivity index is 1.69. The quantitative estimate of drug-likeness (QED) is 0.293. The van der Waals surface area contributed by atoms with Crippen LogP contribution in [0.25, 0.3) is 0 Å². The van der Waals surface area contributed by atoms with Gasteiger partial charge in [-0.3, -0.25) is 4.79 Å². The zero-order valence-electron chi connectivity index (χ0n) is 11.2. The van der Waals surface area contributed by atoms with E-state index in [1.807, 2.05) is 0 Å². The summed E-state index contributed by atoms with van der Waals surface area (Å²) >= 11 is 5.80. The normalized spacial score (nSPS) is 14.1. The van der Waals surface area contributed by atoms with Gasteiger partial charge in [-0.05, 0) is 37.3 Å². The Bertz CT molecular complexity index is 466. The largest absolute Gasteiger partial charge is 0.381 e. The highest BCUT2D eigenvalue weighted by Gasteiger charge is 2.20. The number of hydrogen-bond donors (Lipinski definition) is 3. The van der Waals surface area contributed by atoms with Crippen molar-refractivity contribution < 1.29 is 9.53 Å². The van der Waals surface area contributed by atoms with Crippen molar-refractivity contribution in [3.63, 3.8) is 0 Å². The molecular formula is C13H19ClN4O2. The predicted molar refractivity (Wildman–Crippen MR) is 77.6 cm³/mol. The number of aromatic nitrogens is 1. The summed E-state index contributed by atoms with van der Waals surface area (Å²) in [7, 11) is 0. The molecule has 0 aliphatic heterocycles. The van der Waals surface area contributed by atoms with Crippen LogP contribution in [0.4, 0.5) is 5.82 Å². The van der Waals surface area contributed by atoms with Gasteiger partial charge in [0.05, 0.1) is 0 Å². The number of nitrogen functional groups attached to an aromatic ring is 1. The van der Waals surface area contributed by atoms with Crippen molar-refractivity contribution in [1.82, 2.24) is 10.3 Å². The van der Waals surface area contributed by atoms with Crippen LogP contribution in [0, 0.1) is 5.92 Å². The van der Waals surface area contributed by atoms with Crippen LogP contribution in [0.5, 0.6) is 0 Å². The summed E-state index contributed by atoms with van der Waals surface area (Å²) < 4.78 is 5.49. The lowest BCUT2D eigenvalue weighted by Gasteiger charge is -2.07. The molecule has 1 fully saturated rings. The van der Waals surface area contributed by atoms with Gasteiger partial charge >= 0.3 is 0 Å². The Morgan fingerprint density at radius 3 is 3.00 bits per heavy atom. The first-order chi connectivity index (χ1) is 9.69. The molecule has 0 saturated heterocycles. The Kier molecular flexibility index (Phi) is 5.58. The first-order valence-corrected chi connectivity index (χ1v) is 7.07. The van der Waals surface area contributed by atoms with E-state index in [1.54, 1.807) is 6.07 Å². The highest BCUT2D eigenvalue weighted by atomic mass is 35.5. The number of carbonyl (C=O) groups excluding carboxylic acids is 1. The molecule has 20 heavy (non-hydrogen) atoms. The number of amides is 1. The van der Waals surface area contributed by atoms with Gasteiger partial charge in [-0.15, -0.1) is 0 Å². The van der Waals surface area contributed by atoms with E-state index in [0.29, 0.717) is 24.5 Å². The smallest absolute Gasteiger partial charge is 0.251 e. The Morgan fingerprint density at radius 1 is 1.50 bits per heavy atom. The van der Waals surface area contributed by atoms with Gasteiger partial charge in [0.1, 0.15) is 11.0 Å². The maximum absolute atomic E-state index is 11.9. The van der Waals surface area contributed by atoms with E-state index in [2.05, 4.69) is 15.7 Å². The van der Waals surface area contributed by atoms with Gasteiger partial charge in [-0.1, -0.05) is 11.6 Å². The van der Waals surface area contributed by atoms with E-state index in [0.717, 1.165) is 18.9 Å². The van der Waals surface area contributed by atoms with Crippen molar-refractivity contribution in [1.29, 1.82) is 0 Å². The number of hydrazine groups is 1. The minimum Gasteiger partial charge on any atom is -0.381 e. The van der Waals surface area contributed by atoms with Crippen LogP contribution in [-0.4, -0.2) is 30.6 Å². The second-order valence-electron chi connectivity index (χ2n) is 4.84. The molecule has 1 amide bonds. The first-order valence-electron chi connectivity index (χ1n) is 6.69. The molecule has 2 rings (SSSR count). The summed E-state index contributed by atoms with van der Waals surface area (Å²) in [4.78, 5) is 15.8. The molecule has 0 atom stereocenters. The second kappa shape index (κ2) is 7.42. The van der Waals surface area contributed by atoms with E-state index in [-0.39, 0.29) is 11.1 Å². The fourth-order valence-corrected chi connectivity index (χ4v) is 1.92. The lowest BCUT2D eigenvalue weighted by Crippen LogP contribution is -2.25. The molecule has 1 aromatic rings. The number of nitrogens with zero attached hydrogens (tertiary/aromatic N) is 1. The lowest BCUT2D eigenvalue weighted by molar-refractivity contribution is 0.0937. The standard InChI is InChI=1S/C13H19ClN4O2/c14-11-6-10(7-12(17-11)18-15)13(19)16-4-1-5-20-8-9-2-3-9/h6-7,9H,1-5,8,15H2,(H,16,19)(H,17,18). The van der Waals surface area contributed by atoms with Crippen LogP contribution >= 0.6 is 11.6 Å². The van der Waals surface area contributed by atoms with E-state index in [4.69, 9.17) is 22.2 Å². The molecule has 6 nitrogen and oxygen atoms in total. The molecule has 1 saturated carbocycles. The van der Waals surface area contributed by atoms with Gasteiger partial charge in [-0.2, -0.15) is 0 Å². The van der Waals surface area contributed by atoms with Crippen molar-refractivity contribution >= 4 is 23.3 Å². The topological polar surface area (TPSA) is 89.3 Å². The van der Waals surface area contributed by atoms with Crippen LogP contribution in [0.2, 0.25) is 5.15 Å². The number of halogens is 1. The molecule has 0 unspecified atom stereocenters. The molecule has 4 N–H and O–H groups in total. The first kappa shape index (κ1) is 15.0. The summed E-state index contributed by atoms with van der Waals surface area (Å²) in [5.74, 6) is 6.18. The maximum atomic E-state index is 11.9. The van der Waals surface area contributed by atoms with Crippen molar-refractivity contribution in [2.45, 2.75) is 19.3 Å². The van der Waals surface area contributed by atoms with E-state index in [1.165, 1.54) is 18.9 Å². The van der Waals surface area contributed by atoms with E-state index < -0.39 is 0 Å². The number of carbonyl (C=O) groups is 1. The van der Waals surface area contributed by atoms with Crippen molar-refractivity contribution in [3.8, 4) is 0 Å². The second-order valence-corrected chi connectivity index (χ2v) is 5.22. The number of ether oxygens (including phenoxy) is 1. The summed E-state index contributed by atoms with van der Waals surface area (Å²) in [5, 5.41) is 3.03. The fourth-order valence-electron chi connectivity index (χ4n) is 1.71. The summed E-state index contributed by atoms with van der Waals surface area (Å²) in [6, 6.07) is 3.05. The number of anilines is 1. The number of rotatable bonds is 8. The maximum Gasteiger partial charge on any atom is 0.251 e. The summed E-state index contributed by atoms with van der Waals surface area (Å²) in [5.41, 5.74) is 2.80. The number of nitrogens with one attached hydrogen (secondary N) is 2. The highest BCUT2D eigenvalue weighted by molar-refractivity contribution is 6.29. The summed E-state index contributed by atoms with van der Waals surface area (Å²) in [6.07, 6.45) is 3.37. The molecule has 1 heterocycles. The lowest BCUT2D eigenvalue weighted by atomic mass is 10.2. The molecular weight excluding hydrogens is 280 g/mol. The van der Waals surface area contributed by atoms with Gasteiger partial charge in [0.15, 0.2) is 0 Å². The number of hydrogen-bond acceptors (Lipinski definition) is 5. The fraction of sp³-hybridized carbons (Fsp3) is 0.538. The van der Waals surface area contributed by atoms with Crippen molar-refractivity contribution in [3.05, 3.63) is 22.8 Å². The molecule has 0 bridgehead atoms. The zero-order chi connectivity index (χ0) is 14.4. The molecule has 1 aliphatic carbocycles. The van der Waals surface area contributed by atoms with Gasteiger partial charge in [0.2, 0.25) is 0 Å². The molecule has 1 aliphatic rings. The molecule has 7 heteroatoms. The molecule has 0 radical (unpaired) electrons. The molecule has 0 spiro atoms. The Hall–Kier alpha value is -1.37. The van der Waals surface area contributed by atoms with Crippen LogP contribution in [0.1, 0.15) is 29.6 Å². The molecule has 1 aromatic heterocycles. The van der Waals surface area contributed by atoms with Crippen LogP contribution < -0.4 is 16.6 Å². The third kappa shape index (κ3) is 4.96. The van der Waals surface area contributed by atoms with Gasteiger partial charge in [0.25, 0.3) is 5.91 Å². The van der Waals surface area contributed by atoms with Crippen LogP contribution in [0.3, 0.4) is 0 Å². The SMILES string of the molecule is NNc1cc(C(=O)NCCCOCC2CC2)cc(Cl)n1. The average molecular weight is 299 g/mol. The van der Waals surface area contributed by atoms with Crippen LogP contribution in [0.15, 0.2) is 12.1 Å². The monoisotopic (exact) mass is 298 g/mol. The van der Waals surface area contributed by atoms with Gasteiger partial charge in [0, 0.05) is 25.3 Å². The predicted octanol–water partition coefficient (Wildman–Crippen LogP) is 1.57. The minimum absolute atomic E-state index is 0.201. The van der Waals surface area contributed by atoms with Crippen LogP contribution in [-0.2, 0) is 4.74 Å². The third-order valence-electron chi connectivity index (χ3n) is 3.01. The highest BCUT2D eigenvalue weighted by Crippen LogP contribution is 2.28. The number of pyridine rings is 1. The zero-order valence-corrected chi connectivity index (χ0v) is 11.9. The van der Waals surface area contributed by atoms with E-state index >= 15 is 0 Å². The van der Waals surface area contributed by atoms with Crippen molar-refractivity contribution in [2.24, 2.45) is 11.8 Å². The van der Waals surface area contributed by atoms with Gasteiger partial charge < -0.3 is 15.5 Å². The Labute approximate surface area is 123 Å². The van der Waals surface area contributed by atoms with Gasteiger partial charge in [-0.25, -0.2) is 10.8 Å². The number of nitrogens with two attached hydrogens (primary N) is 1. The molecule has 110 valence electrons. The minimum atomic E-state index is -0.201. The average Bonchev–Trinajstić information content (AvgIpc) is 3.25. The third-order valence-corrected chi connectivity index (χ3v) is 3.20.